The summed E-state index contributed by atoms with van der Waals surface area (Å²) in [5.41, 5.74) is 4.37. The number of fused-ring (bicyclic) bond motifs is 2. The van der Waals surface area contributed by atoms with Gasteiger partial charge < -0.3 is 19.7 Å². The minimum absolute atomic E-state index is 0.0289. The molecule has 48 heavy (non-hydrogen) atoms. The summed E-state index contributed by atoms with van der Waals surface area (Å²) >= 11 is 0. The maximum Gasteiger partial charge on any atom is 0.121 e. The Labute approximate surface area is 282 Å². The van der Waals surface area contributed by atoms with Gasteiger partial charge >= 0.3 is 0 Å². The molecule has 0 amide bonds. The molecule has 2 N–H and O–H groups in total. The first-order valence-electron chi connectivity index (χ1n) is 16.8. The van der Waals surface area contributed by atoms with Crippen LogP contribution in [0.25, 0.3) is 21.5 Å². The summed E-state index contributed by atoms with van der Waals surface area (Å²) in [4.78, 5) is 4.81. The largest absolute Gasteiger partial charge is 0.508 e. The van der Waals surface area contributed by atoms with Gasteiger partial charge in [0.15, 0.2) is 0 Å². The SMILES string of the molecule is Oc1ccc2ccccc2c1[C@@H](c1ccccc1)N1CCOCC1.Oc1ccc2ccccc2c1[C@H](c1ccccc1)N1CCOCC1. The number of hydrogen-bond donors (Lipinski definition) is 2. The van der Waals surface area contributed by atoms with Crippen LogP contribution in [-0.4, -0.2) is 72.6 Å². The first-order valence-corrected chi connectivity index (χ1v) is 16.8. The molecule has 6 heteroatoms. The van der Waals surface area contributed by atoms with Gasteiger partial charge in [-0.3, -0.25) is 9.80 Å². The fourth-order valence-corrected chi connectivity index (χ4v) is 7.21. The lowest BCUT2D eigenvalue weighted by Crippen LogP contribution is -2.39. The van der Waals surface area contributed by atoms with Crippen LogP contribution in [0.2, 0.25) is 0 Å². The van der Waals surface area contributed by atoms with Crippen molar-refractivity contribution in [2.75, 3.05) is 52.6 Å². The third kappa shape index (κ3) is 6.80. The number of phenolic OH excluding ortho intramolecular Hbond substituents is 2. The Balaban J connectivity index is 0.000000152. The van der Waals surface area contributed by atoms with E-state index in [0.717, 1.165) is 85.3 Å². The minimum atomic E-state index is 0.0289. The molecule has 2 aliphatic heterocycles. The number of ether oxygens (including phenoxy) is 2. The van der Waals surface area contributed by atoms with Crippen molar-refractivity contribution in [3.8, 4) is 11.5 Å². The van der Waals surface area contributed by atoms with Crippen LogP contribution < -0.4 is 0 Å². The maximum atomic E-state index is 10.7. The molecule has 0 aliphatic carbocycles. The van der Waals surface area contributed by atoms with Crippen LogP contribution >= 0.6 is 0 Å². The number of rotatable bonds is 6. The van der Waals surface area contributed by atoms with Crippen LogP contribution in [0, 0.1) is 0 Å². The highest BCUT2D eigenvalue weighted by atomic mass is 16.5. The highest BCUT2D eigenvalue weighted by molar-refractivity contribution is 5.89. The third-order valence-corrected chi connectivity index (χ3v) is 9.49. The topological polar surface area (TPSA) is 65.4 Å². The van der Waals surface area contributed by atoms with E-state index < -0.39 is 0 Å². The lowest BCUT2D eigenvalue weighted by atomic mass is 9.91. The van der Waals surface area contributed by atoms with E-state index in [1.54, 1.807) is 0 Å². The predicted molar refractivity (Wildman–Crippen MR) is 193 cm³/mol. The van der Waals surface area contributed by atoms with Crippen molar-refractivity contribution in [1.82, 2.24) is 9.80 Å². The van der Waals surface area contributed by atoms with Crippen molar-refractivity contribution in [1.29, 1.82) is 0 Å². The van der Waals surface area contributed by atoms with Gasteiger partial charge in [0.05, 0.1) is 38.5 Å². The molecule has 0 saturated carbocycles. The van der Waals surface area contributed by atoms with Gasteiger partial charge in [0, 0.05) is 37.3 Å². The number of phenols is 2. The molecule has 0 spiro atoms. The van der Waals surface area contributed by atoms with E-state index in [9.17, 15) is 10.2 Å². The molecule has 2 heterocycles. The van der Waals surface area contributed by atoms with Gasteiger partial charge in [0.2, 0.25) is 0 Å². The van der Waals surface area contributed by atoms with Gasteiger partial charge in [-0.05, 0) is 44.8 Å². The molecular formula is C42H42N2O4. The molecule has 0 radical (unpaired) electrons. The number of nitrogens with zero attached hydrogens (tertiary/aromatic N) is 2. The van der Waals surface area contributed by atoms with Crippen molar-refractivity contribution in [2.45, 2.75) is 12.1 Å². The maximum absolute atomic E-state index is 10.7. The number of benzene rings is 6. The molecule has 2 atom stereocenters. The van der Waals surface area contributed by atoms with E-state index in [-0.39, 0.29) is 12.1 Å². The zero-order valence-electron chi connectivity index (χ0n) is 27.1. The van der Waals surface area contributed by atoms with Crippen LogP contribution in [-0.2, 0) is 9.47 Å². The Morgan fingerprint density at radius 1 is 0.417 bits per heavy atom. The minimum Gasteiger partial charge on any atom is -0.508 e. The Kier molecular flexibility index (Phi) is 9.96. The summed E-state index contributed by atoms with van der Waals surface area (Å²) < 4.78 is 11.1. The van der Waals surface area contributed by atoms with Crippen molar-refractivity contribution in [3.63, 3.8) is 0 Å². The van der Waals surface area contributed by atoms with E-state index >= 15 is 0 Å². The summed E-state index contributed by atoms with van der Waals surface area (Å²) in [6.45, 7) is 6.38. The molecule has 6 nitrogen and oxygen atoms in total. The van der Waals surface area contributed by atoms with Crippen LogP contribution in [0.5, 0.6) is 11.5 Å². The summed E-state index contributed by atoms with van der Waals surface area (Å²) in [5, 5.41) is 25.9. The highest BCUT2D eigenvalue weighted by Gasteiger charge is 2.29. The van der Waals surface area contributed by atoms with Gasteiger partial charge in [0.25, 0.3) is 0 Å². The quantitative estimate of drug-likeness (QED) is 0.193. The summed E-state index contributed by atoms with van der Waals surface area (Å²) in [5.74, 6) is 0.711. The Morgan fingerprint density at radius 2 is 0.771 bits per heavy atom. The van der Waals surface area contributed by atoms with Crippen molar-refractivity contribution in [2.24, 2.45) is 0 Å². The van der Waals surface area contributed by atoms with Crippen LogP contribution in [0.15, 0.2) is 133 Å². The molecule has 6 aromatic carbocycles. The van der Waals surface area contributed by atoms with Gasteiger partial charge in [-0.25, -0.2) is 0 Å². The second kappa shape index (κ2) is 15.0. The predicted octanol–water partition coefficient (Wildman–Crippen LogP) is 7.93. The molecule has 0 aromatic heterocycles. The van der Waals surface area contributed by atoms with Crippen molar-refractivity contribution < 1.29 is 19.7 Å². The smallest absolute Gasteiger partial charge is 0.121 e. The first-order chi connectivity index (χ1) is 23.7. The van der Waals surface area contributed by atoms with Crippen LogP contribution in [0.4, 0.5) is 0 Å². The molecule has 2 saturated heterocycles. The van der Waals surface area contributed by atoms with Gasteiger partial charge in [-0.2, -0.15) is 0 Å². The Bertz CT molecular complexity index is 1790. The highest BCUT2D eigenvalue weighted by Crippen LogP contribution is 2.41. The molecule has 8 rings (SSSR count). The third-order valence-electron chi connectivity index (χ3n) is 9.49. The van der Waals surface area contributed by atoms with E-state index in [0.29, 0.717) is 11.5 Å². The molecule has 0 unspecified atom stereocenters. The van der Waals surface area contributed by atoms with Crippen LogP contribution in [0.1, 0.15) is 34.3 Å². The number of morpholine rings is 2. The van der Waals surface area contributed by atoms with E-state index in [1.165, 1.54) is 11.1 Å². The monoisotopic (exact) mass is 638 g/mol. The van der Waals surface area contributed by atoms with E-state index in [2.05, 4.69) is 82.6 Å². The van der Waals surface area contributed by atoms with E-state index in [4.69, 9.17) is 9.47 Å². The van der Waals surface area contributed by atoms with Gasteiger partial charge in [0.1, 0.15) is 11.5 Å². The van der Waals surface area contributed by atoms with E-state index in [1.807, 2.05) is 60.7 Å². The van der Waals surface area contributed by atoms with Gasteiger partial charge in [-0.1, -0.05) is 121 Å². The average molecular weight is 639 g/mol. The standard InChI is InChI=1S/2C21H21NO2/c2*23-19-11-10-16-6-4-5-9-18(16)20(19)21(17-7-2-1-3-8-17)22-12-14-24-15-13-22/h2*1-11,21,23H,12-15H2/t2*21-/m10/s1. The first kappa shape index (κ1) is 31.9. The Morgan fingerprint density at radius 3 is 1.17 bits per heavy atom. The fourth-order valence-electron chi connectivity index (χ4n) is 7.21. The molecular weight excluding hydrogens is 596 g/mol. The average Bonchev–Trinajstić information content (AvgIpc) is 3.16. The normalized spacial score (nSPS) is 17.0. The van der Waals surface area contributed by atoms with Crippen molar-refractivity contribution >= 4 is 21.5 Å². The molecule has 244 valence electrons. The summed E-state index contributed by atoms with van der Waals surface area (Å²) in [6, 6.07) is 45.0. The number of hydrogen-bond acceptors (Lipinski definition) is 6. The second-order valence-corrected chi connectivity index (χ2v) is 12.4. The van der Waals surface area contributed by atoms with Crippen molar-refractivity contribution in [3.05, 3.63) is 156 Å². The fraction of sp³-hybridized carbons (Fsp3) is 0.238. The Hall–Kier alpha value is -4.72. The molecule has 6 aromatic rings. The zero-order valence-corrected chi connectivity index (χ0v) is 27.1. The summed E-state index contributed by atoms with van der Waals surface area (Å²) in [6.07, 6.45) is 0. The number of aromatic hydroxyl groups is 2. The molecule has 0 bridgehead atoms. The lowest BCUT2D eigenvalue weighted by molar-refractivity contribution is 0.0238. The summed E-state index contributed by atoms with van der Waals surface area (Å²) in [7, 11) is 0. The lowest BCUT2D eigenvalue weighted by Gasteiger charge is -2.36. The zero-order chi connectivity index (χ0) is 32.7. The van der Waals surface area contributed by atoms with Crippen LogP contribution in [0.3, 0.4) is 0 Å². The van der Waals surface area contributed by atoms with Gasteiger partial charge in [-0.15, -0.1) is 0 Å². The molecule has 2 fully saturated rings. The molecule has 2 aliphatic rings. The second-order valence-electron chi connectivity index (χ2n) is 12.4.